The highest BCUT2D eigenvalue weighted by atomic mass is 32.2. The predicted molar refractivity (Wildman–Crippen MR) is 102 cm³/mol. The van der Waals surface area contributed by atoms with E-state index in [-0.39, 0.29) is 17.5 Å². The minimum absolute atomic E-state index is 0.0411. The highest BCUT2D eigenvalue weighted by Crippen LogP contribution is 2.11. The minimum Gasteiger partial charge on any atom is -0.355 e. The van der Waals surface area contributed by atoms with Gasteiger partial charge >= 0.3 is 0 Å². The summed E-state index contributed by atoms with van der Waals surface area (Å²) in [5, 5.41) is 6.48. The molecule has 2 fully saturated rings. The number of rotatable bonds is 5. The first-order valence-electron chi connectivity index (χ1n) is 8.98. The summed E-state index contributed by atoms with van der Waals surface area (Å²) in [6, 6.07) is 1.79. The molecule has 1 aromatic heterocycles. The number of nitrogens with zero attached hydrogens (tertiary/aromatic N) is 5. The maximum atomic E-state index is 11.5. The standard InChI is InChI=1S/C16H27N7O2S/c1-17-15(21-14-3-12-26(24,25)13-14)18-6-7-22-8-10-23(11-9-22)16-19-4-2-5-20-16/h2,4-5,14H,3,6-13H2,1H3,(H2,17,18,21). The first kappa shape index (κ1) is 18.8. The van der Waals surface area contributed by atoms with E-state index in [1.54, 1.807) is 19.4 Å². The van der Waals surface area contributed by atoms with Crippen molar-refractivity contribution in [2.45, 2.75) is 12.5 Å². The molecule has 2 N–H and O–H groups in total. The second kappa shape index (κ2) is 8.63. The van der Waals surface area contributed by atoms with Gasteiger partial charge in [-0.1, -0.05) is 0 Å². The zero-order valence-electron chi connectivity index (χ0n) is 15.1. The Bertz CT molecular complexity index is 703. The monoisotopic (exact) mass is 381 g/mol. The normalized spacial score (nSPS) is 23.8. The number of nitrogens with one attached hydrogen (secondary N) is 2. The van der Waals surface area contributed by atoms with Crippen molar-refractivity contribution in [3.8, 4) is 0 Å². The molecular formula is C16H27N7O2S. The van der Waals surface area contributed by atoms with E-state index in [1.807, 2.05) is 6.07 Å². The molecule has 0 aliphatic carbocycles. The molecular weight excluding hydrogens is 354 g/mol. The van der Waals surface area contributed by atoms with Gasteiger partial charge < -0.3 is 15.5 Å². The van der Waals surface area contributed by atoms with Crippen LogP contribution in [0.3, 0.4) is 0 Å². The van der Waals surface area contributed by atoms with Crippen LogP contribution in [0, 0.1) is 0 Å². The molecule has 0 amide bonds. The number of aliphatic imine (C=N–C) groups is 1. The number of hydrogen-bond donors (Lipinski definition) is 2. The second-order valence-electron chi connectivity index (χ2n) is 6.62. The van der Waals surface area contributed by atoms with Crippen LogP contribution in [0.1, 0.15) is 6.42 Å². The van der Waals surface area contributed by atoms with Gasteiger partial charge in [0.1, 0.15) is 0 Å². The fraction of sp³-hybridized carbons (Fsp3) is 0.688. The molecule has 10 heteroatoms. The van der Waals surface area contributed by atoms with Crippen LogP contribution in [-0.2, 0) is 9.84 Å². The molecule has 1 aromatic rings. The van der Waals surface area contributed by atoms with Crippen LogP contribution in [-0.4, -0.2) is 93.1 Å². The molecule has 1 atom stereocenters. The number of guanidine groups is 1. The highest BCUT2D eigenvalue weighted by molar-refractivity contribution is 7.91. The van der Waals surface area contributed by atoms with Crippen molar-refractivity contribution in [3.63, 3.8) is 0 Å². The van der Waals surface area contributed by atoms with Gasteiger partial charge in [0.05, 0.1) is 11.5 Å². The van der Waals surface area contributed by atoms with Crippen molar-refractivity contribution in [1.82, 2.24) is 25.5 Å². The summed E-state index contributed by atoms with van der Waals surface area (Å²) in [6.07, 6.45) is 4.19. The van der Waals surface area contributed by atoms with Crippen LogP contribution in [0.4, 0.5) is 5.95 Å². The van der Waals surface area contributed by atoms with E-state index in [9.17, 15) is 8.42 Å². The summed E-state index contributed by atoms with van der Waals surface area (Å²) in [7, 11) is -1.18. The molecule has 1 unspecified atom stereocenters. The highest BCUT2D eigenvalue weighted by Gasteiger charge is 2.28. The third kappa shape index (κ3) is 5.28. The summed E-state index contributed by atoms with van der Waals surface area (Å²) in [5.74, 6) is 1.92. The van der Waals surface area contributed by atoms with Gasteiger partial charge in [-0.25, -0.2) is 18.4 Å². The van der Waals surface area contributed by atoms with E-state index < -0.39 is 9.84 Å². The van der Waals surface area contributed by atoms with Crippen LogP contribution in [0.5, 0.6) is 0 Å². The first-order valence-corrected chi connectivity index (χ1v) is 10.8. The van der Waals surface area contributed by atoms with Crippen molar-refractivity contribution >= 4 is 21.7 Å². The molecule has 2 aliphatic heterocycles. The predicted octanol–water partition coefficient (Wildman–Crippen LogP) is -1.05. The molecule has 3 heterocycles. The molecule has 0 aromatic carbocycles. The Kier molecular flexibility index (Phi) is 6.25. The Morgan fingerprint density at radius 3 is 2.62 bits per heavy atom. The third-order valence-electron chi connectivity index (χ3n) is 4.72. The Morgan fingerprint density at radius 1 is 1.27 bits per heavy atom. The van der Waals surface area contributed by atoms with Crippen LogP contribution in [0.25, 0.3) is 0 Å². The summed E-state index contributed by atoms with van der Waals surface area (Å²) >= 11 is 0. The Balaban J connectivity index is 1.36. The van der Waals surface area contributed by atoms with Crippen LogP contribution in [0.15, 0.2) is 23.5 Å². The van der Waals surface area contributed by atoms with Gasteiger partial charge in [-0.2, -0.15) is 0 Å². The SMILES string of the molecule is CN=C(NCCN1CCN(c2ncccn2)CC1)NC1CCS(=O)(=O)C1. The zero-order chi connectivity index (χ0) is 18.4. The van der Waals surface area contributed by atoms with E-state index in [0.717, 1.165) is 45.2 Å². The van der Waals surface area contributed by atoms with Crippen molar-refractivity contribution in [2.75, 3.05) is 62.7 Å². The molecule has 0 radical (unpaired) electrons. The summed E-state index contributed by atoms with van der Waals surface area (Å²) < 4.78 is 23.1. The first-order chi connectivity index (χ1) is 12.6. The summed E-state index contributed by atoms with van der Waals surface area (Å²) in [4.78, 5) is 17.4. The minimum atomic E-state index is -2.88. The maximum Gasteiger partial charge on any atom is 0.225 e. The Hall–Kier alpha value is -1.94. The molecule has 26 heavy (non-hydrogen) atoms. The number of hydrogen-bond acceptors (Lipinski definition) is 7. The lowest BCUT2D eigenvalue weighted by atomic mass is 10.3. The smallest absolute Gasteiger partial charge is 0.225 e. The van der Waals surface area contributed by atoms with Crippen molar-refractivity contribution in [3.05, 3.63) is 18.5 Å². The topological polar surface area (TPSA) is 103 Å². The van der Waals surface area contributed by atoms with E-state index in [0.29, 0.717) is 12.4 Å². The number of sulfone groups is 1. The lowest BCUT2D eigenvalue weighted by Gasteiger charge is -2.34. The molecule has 9 nitrogen and oxygen atoms in total. The van der Waals surface area contributed by atoms with Crippen molar-refractivity contribution in [2.24, 2.45) is 4.99 Å². The molecule has 2 saturated heterocycles. The average molecular weight is 382 g/mol. The Morgan fingerprint density at radius 2 is 2.00 bits per heavy atom. The van der Waals surface area contributed by atoms with Gasteiger partial charge in [0.25, 0.3) is 0 Å². The summed E-state index contributed by atoms with van der Waals surface area (Å²) in [6.45, 7) is 5.43. The van der Waals surface area contributed by atoms with Crippen LogP contribution in [0.2, 0.25) is 0 Å². The molecule has 2 aliphatic rings. The van der Waals surface area contributed by atoms with Crippen molar-refractivity contribution < 1.29 is 8.42 Å². The second-order valence-corrected chi connectivity index (χ2v) is 8.85. The van der Waals surface area contributed by atoms with Gasteiger partial charge in [-0.05, 0) is 12.5 Å². The van der Waals surface area contributed by atoms with E-state index in [2.05, 4.69) is 35.4 Å². The van der Waals surface area contributed by atoms with Gasteiger partial charge in [-0.3, -0.25) is 9.89 Å². The van der Waals surface area contributed by atoms with Gasteiger partial charge in [0.2, 0.25) is 5.95 Å². The lowest BCUT2D eigenvalue weighted by Crippen LogP contribution is -2.50. The van der Waals surface area contributed by atoms with Crippen LogP contribution >= 0.6 is 0 Å². The molecule has 0 saturated carbocycles. The molecule has 3 rings (SSSR count). The largest absolute Gasteiger partial charge is 0.355 e. The Labute approximate surface area is 154 Å². The third-order valence-corrected chi connectivity index (χ3v) is 6.49. The fourth-order valence-corrected chi connectivity index (χ4v) is 4.93. The number of piperazine rings is 1. The molecule has 0 bridgehead atoms. The fourth-order valence-electron chi connectivity index (χ4n) is 3.26. The zero-order valence-corrected chi connectivity index (χ0v) is 16.0. The number of anilines is 1. The maximum absolute atomic E-state index is 11.5. The van der Waals surface area contributed by atoms with Gasteiger partial charge in [0.15, 0.2) is 15.8 Å². The van der Waals surface area contributed by atoms with E-state index in [4.69, 9.17) is 0 Å². The van der Waals surface area contributed by atoms with Crippen LogP contribution < -0.4 is 15.5 Å². The summed E-state index contributed by atoms with van der Waals surface area (Å²) in [5.41, 5.74) is 0. The van der Waals surface area contributed by atoms with E-state index in [1.165, 1.54) is 0 Å². The average Bonchev–Trinajstić information content (AvgIpc) is 3.00. The molecule has 0 spiro atoms. The van der Waals surface area contributed by atoms with Gasteiger partial charge in [0, 0.05) is 64.8 Å². The number of aromatic nitrogens is 2. The van der Waals surface area contributed by atoms with E-state index >= 15 is 0 Å². The quantitative estimate of drug-likeness (QED) is 0.492. The molecule has 144 valence electrons. The lowest BCUT2D eigenvalue weighted by molar-refractivity contribution is 0.260. The van der Waals surface area contributed by atoms with Gasteiger partial charge in [-0.15, -0.1) is 0 Å². The van der Waals surface area contributed by atoms with Crippen molar-refractivity contribution in [1.29, 1.82) is 0 Å².